The molecule has 2 aromatic rings. The van der Waals surface area contributed by atoms with E-state index in [1.165, 1.54) is 18.2 Å². The van der Waals surface area contributed by atoms with Crippen LogP contribution < -0.4 is 0 Å². The van der Waals surface area contributed by atoms with E-state index in [1.54, 1.807) is 6.07 Å². The Bertz CT molecular complexity index is 797. The van der Waals surface area contributed by atoms with E-state index >= 15 is 0 Å². The molecule has 2 aromatic carbocycles. The van der Waals surface area contributed by atoms with Crippen molar-refractivity contribution in [1.29, 1.82) is 0 Å². The Morgan fingerprint density at radius 2 is 1.42 bits per heavy atom. The molecular formula is C15H11BrF2N2O4. The molecule has 0 aliphatic heterocycles. The fraction of sp³-hybridized carbons (Fsp3) is 0.200. The predicted molar refractivity (Wildman–Crippen MR) is 85.8 cm³/mol. The van der Waals surface area contributed by atoms with Crippen molar-refractivity contribution in [3.63, 3.8) is 0 Å². The lowest BCUT2D eigenvalue weighted by Gasteiger charge is -1.98. The van der Waals surface area contributed by atoms with Gasteiger partial charge in [-0.25, -0.2) is 0 Å². The van der Waals surface area contributed by atoms with Crippen LogP contribution in [0.25, 0.3) is 0 Å². The van der Waals surface area contributed by atoms with E-state index in [0.29, 0.717) is 10.4 Å². The van der Waals surface area contributed by atoms with Gasteiger partial charge in [0, 0.05) is 16.6 Å². The summed E-state index contributed by atoms with van der Waals surface area (Å²) >= 11 is 2.98. The summed E-state index contributed by atoms with van der Waals surface area (Å²) in [5.74, 6) is -1.13. The van der Waals surface area contributed by atoms with E-state index in [2.05, 4.69) is 15.9 Å². The van der Waals surface area contributed by atoms with E-state index in [4.69, 9.17) is 0 Å². The fourth-order valence-corrected chi connectivity index (χ4v) is 2.30. The van der Waals surface area contributed by atoms with Crippen molar-refractivity contribution in [3.05, 3.63) is 78.3 Å². The molecule has 9 heteroatoms. The van der Waals surface area contributed by atoms with Gasteiger partial charge in [-0.3, -0.25) is 20.2 Å². The van der Waals surface area contributed by atoms with Gasteiger partial charge < -0.3 is 0 Å². The number of nitro groups is 2. The summed E-state index contributed by atoms with van der Waals surface area (Å²) in [6, 6.07) is 7.73. The maximum absolute atomic E-state index is 13.0. The summed E-state index contributed by atoms with van der Waals surface area (Å²) < 4.78 is 26.2. The second-order valence-corrected chi connectivity index (χ2v) is 6.01. The van der Waals surface area contributed by atoms with Crippen molar-refractivity contribution >= 4 is 27.3 Å². The van der Waals surface area contributed by atoms with Crippen molar-refractivity contribution in [2.45, 2.75) is 18.8 Å². The average molecular weight is 401 g/mol. The molecule has 0 heterocycles. The highest BCUT2D eigenvalue weighted by Crippen LogP contribution is 2.40. The number of benzene rings is 2. The third kappa shape index (κ3) is 4.54. The Hall–Kier alpha value is -2.42. The Labute approximate surface area is 143 Å². The van der Waals surface area contributed by atoms with Crippen LogP contribution >= 0.6 is 15.9 Å². The van der Waals surface area contributed by atoms with Crippen LogP contribution in [0.2, 0.25) is 0 Å². The summed E-state index contributed by atoms with van der Waals surface area (Å²) in [5, 5.41) is 20.4. The van der Waals surface area contributed by atoms with Gasteiger partial charge in [-0.2, -0.15) is 8.78 Å². The second kappa shape index (κ2) is 7.43. The quantitative estimate of drug-likeness (QED) is 0.529. The van der Waals surface area contributed by atoms with Gasteiger partial charge >= 0.3 is 11.4 Å². The van der Waals surface area contributed by atoms with E-state index in [0.717, 1.165) is 30.5 Å². The number of halogens is 3. The van der Waals surface area contributed by atoms with Crippen LogP contribution in [0.4, 0.5) is 20.2 Å². The molecule has 0 aromatic heterocycles. The van der Waals surface area contributed by atoms with E-state index in [1.807, 2.05) is 0 Å². The Morgan fingerprint density at radius 1 is 0.917 bits per heavy atom. The predicted octanol–water partition coefficient (Wildman–Crippen LogP) is 5.11. The lowest BCUT2D eigenvalue weighted by Crippen LogP contribution is -1.93. The normalized spacial score (nSPS) is 13.0. The highest BCUT2D eigenvalue weighted by atomic mass is 79.9. The lowest BCUT2D eigenvalue weighted by molar-refractivity contribution is -0.387. The van der Waals surface area contributed by atoms with Gasteiger partial charge in [0.25, 0.3) is 0 Å². The maximum Gasteiger partial charge on any atom is 0.304 e. The van der Waals surface area contributed by atoms with Gasteiger partial charge in [-0.15, -0.1) is 0 Å². The summed E-state index contributed by atoms with van der Waals surface area (Å²) in [6.45, 7) is 0. The van der Waals surface area contributed by atoms with Gasteiger partial charge in [-0.1, -0.05) is 22.0 Å². The monoisotopic (exact) mass is 400 g/mol. The van der Waals surface area contributed by atoms with Crippen molar-refractivity contribution in [2.24, 2.45) is 0 Å². The largest absolute Gasteiger partial charge is 0.304 e. The first-order chi connectivity index (χ1) is 11.3. The Morgan fingerprint density at radius 3 is 1.83 bits per heavy atom. The fourth-order valence-electron chi connectivity index (χ4n) is 1.97. The van der Waals surface area contributed by atoms with Gasteiger partial charge in [0.05, 0.1) is 9.85 Å². The number of hydrogen-bond acceptors (Lipinski definition) is 4. The third-order valence-corrected chi connectivity index (χ3v) is 3.82. The second-order valence-electron chi connectivity index (χ2n) is 5.10. The summed E-state index contributed by atoms with van der Waals surface area (Å²) in [4.78, 5) is 18.9. The summed E-state index contributed by atoms with van der Waals surface area (Å²) in [5.41, 5.74) is -0.0688. The maximum atomic E-state index is 13.0. The zero-order valence-corrected chi connectivity index (χ0v) is 13.7. The minimum atomic E-state index is -0.829. The van der Waals surface area contributed by atoms with Gasteiger partial charge in [0.15, 0.2) is 0 Å². The smallest absolute Gasteiger partial charge is 0.258 e. The number of rotatable bonds is 3. The van der Waals surface area contributed by atoms with Crippen LogP contribution in [0.1, 0.15) is 24.3 Å². The van der Waals surface area contributed by atoms with Crippen molar-refractivity contribution < 1.29 is 18.6 Å². The zero-order chi connectivity index (χ0) is 17.9. The number of nitro benzene ring substituents is 2. The number of hydrogen-bond donors (Lipinski definition) is 0. The molecule has 0 spiro atoms. The first-order valence-corrected chi connectivity index (χ1v) is 7.62. The van der Waals surface area contributed by atoms with Crippen LogP contribution in [0.15, 0.2) is 40.9 Å². The van der Waals surface area contributed by atoms with Crippen molar-refractivity contribution in [2.75, 3.05) is 0 Å². The molecule has 0 radical (unpaired) electrons. The molecule has 1 aliphatic rings. The molecule has 0 saturated heterocycles. The van der Waals surface area contributed by atoms with E-state index < -0.39 is 32.9 Å². The topological polar surface area (TPSA) is 86.3 Å². The Kier molecular flexibility index (Phi) is 5.55. The van der Waals surface area contributed by atoms with Gasteiger partial charge in [0.2, 0.25) is 11.6 Å². The van der Waals surface area contributed by atoms with Crippen LogP contribution in [-0.4, -0.2) is 9.85 Å². The SMILES string of the molecule is O=[N+]([O-])c1ccc(Br)cc1F.O=[N+]([O-])c1ccc(C2CC2)cc1F. The standard InChI is InChI=1S/C9H8FNO2.C6H3BrFNO2/c10-8-5-7(6-1-2-6)3-4-9(8)11(12)13;7-4-1-2-6(9(10)11)5(8)3-4/h3-6H,1-2H2;1-3H. The molecule has 1 fully saturated rings. The lowest BCUT2D eigenvalue weighted by atomic mass is 10.1. The van der Waals surface area contributed by atoms with Crippen molar-refractivity contribution in [3.8, 4) is 0 Å². The van der Waals surface area contributed by atoms with Gasteiger partial charge in [0.1, 0.15) is 0 Å². The average Bonchev–Trinajstić information content (AvgIpc) is 3.31. The first-order valence-electron chi connectivity index (χ1n) is 6.83. The van der Waals surface area contributed by atoms with Crippen molar-refractivity contribution in [1.82, 2.24) is 0 Å². The van der Waals surface area contributed by atoms with Crippen LogP contribution in [0.5, 0.6) is 0 Å². The zero-order valence-electron chi connectivity index (χ0n) is 12.1. The van der Waals surface area contributed by atoms with E-state index in [-0.39, 0.29) is 0 Å². The molecule has 6 nitrogen and oxygen atoms in total. The molecule has 0 bridgehead atoms. The molecule has 1 saturated carbocycles. The molecule has 0 atom stereocenters. The minimum Gasteiger partial charge on any atom is -0.258 e. The summed E-state index contributed by atoms with van der Waals surface area (Å²) in [6.07, 6.45) is 2.13. The van der Waals surface area contributed by atoms with Crippen LogP contribution in [0, 0.1) is 31.9 Å². The first kappa shape index (κ1) is 17.9. The third-order valence-electron chi connectivity index (χ3n) is 3.32. The molecule has 3 rings (SSSR count). The Balaban J connectivity index is 0.000000177. The highest BCUT2D eigenvalue weighted by molar-refractivity contribution is 9.10. The molecule has 1 aliphatic carbocycles. The number of nitrogens with zero attached hydrogens (tertiary/aromatic N) is 2. The molecule has 0 amide bonds. The molecule has 0 N–H and O–H groups in total. The van der Waals surface area contributed by atoms with Crippen LogP contribution in [0.3, 0.4) is 0 Å². The minimum absolute atomic E-state index is 0.426. The van der Waals surface area contributed by atoms with Crippen LogP contribution in [-0.2, 0) is 0 Å². The highest BCUT2D eigenvalue weighted by Gasteiger charge is 2.25. The van der Waals surface area contributed by atoms with Gasteiger partial charge in [-0.05, 0) is 42.5 Å². The molecular weight excluding hydrogens is 390 g/mol. The summed E-state index contributed by atoms with van der Waals surface area (Å²) in [7, 11) is 0. The molecule has 0 unspecified atom stereocenters. The van der Waals surface area contributed by atoms with E-state index in [9.17, 15) is 29.0 Å². The molecule has 126 valence electrons. The molecule has 24 heavy (non-hydrogen) atoms.